The quantitative estimate of drug-likeness (QED) is 0.220. The van der Waals surface area contributed by atoms with E-state index < -0.39 is 18.8 Å². The fourth-order valence-corrected chi connectivity index (χ4v) is 4.32. The van der Waals surface area contributed by atoms with Crippen molar-refractivity contribution in [3.63, 3.8) is 0 Å². The van der Waals surface area contributed by atoms with Gasteiger partial charge < -0.3 is 19.1 Å². The second-order valence-electron chi connectivity index (χ2n) is 9.16. The van der Waals surface area contributed by atoms with Crippen LogP contribution in [0.2, 0.25) is 10.0 Å². The molecule has 0 spiro atoms. The first kappa shape index (κ1) is 28.7. The molecule has 1 heterocycles. The average Bonchev–Trinajstić information content (AvgIpc) is 3.74. The second kappa shape index (κ2) is 13.1. The van der Waals surface area contributed by atoms with E-state index in [1.54, 1.807) is 31.3 Å². The zero-order chi connectivity index (χ0) is 27.9. The standard InChI is InChI=1S/C27H27Cl2F2N3O5/c1-34(14-16-4-7-19(33-36)8-5-16)27(35)39-24(11-20-21(28)12-32-13-22(20)29)18-6-9-23(38-26(30)31)25(10-18)37-15-17-2-3-17/h4-10,12-13,17,24,26,33,36H,2-3,11,14-15H2,1H3/t24-/m0/s1. The summed E-state index contributed by atoms with van der Waals surface area (Å²) in [6.07, 6.45) is 3.44. The first-order valence-electron chi connectivity index (χ1n) is 12.1. The minimum absolute atomic E-state index is 0.0910. The van der Waals surface area contributed by atoms with Crippen LogP contribution in [0.3, 0.4) is 0 Å². The molecule has 0 aliphatic heterocycles. The van der Waals surface area contributed by atoms with Crippen LogP contribution in [0.15, 0.2) is 54.9 Å². The Labute approximate surface area is 234 Å². The van der Waals surface area contributed by atoms with Gasteiger partial charge >= 0.3 is 12.7 Å². The normalized spacial score (nSPS) is 13.6. The van der Waals surface area contributed by atoms with E-state index in [1.165, 1.54) is 35.5 Å². The van der Waals surface area contributed by atoms with Crippen molar-refractivity contribution >= 4 is 35.0 Å². The summed E-state index contributed by atoms with van der Waals surface area (Å²) in [5, 5.41) is 9.58. The molecule has 2 aromatic carbocycles. The summed E-state index contributed by atoms with van der Waals surface area (Å²) in [5.74, 6) is 0.378. The van der Waals surface area contributed by atoms with Gasteiger partial charge in [-0.3, -0.25) is 15.7 Å². The highest BCUT2D eigenvalue weighted by Crippen LogP contribution is 2.38. The Morgan fingerprint density at radius 1 is 1.13 bits per heavy atom. The molecule has 12 heteroatoms. The van der Waals surface area contributed by atoms with E-state index in [1.807, 2.05) is 0 Å². The summed E-state index contributed by atoms with van der Waals surface area (Å²) in [7, 11) is 1.58. The van der Waals surface area contributed by atoms with Crippen LogP contribution in [0.25, 0.3) is 0 Å². The van der Waals surface area contributed by atoms with Crippen molar-refractivity contribution in [1.82, 2.24) is 9.88 Å². The molecule has 1 aliphatic rings. The maximum Gasteiger partial charge on any atom is 0.410 e. The molecule has 1 aromatic heterocycles. The number of rotatable bonds is 12. The van der Waals surface area contributed by atoms with E-state index in [9.17, 15) is 13.6 Å². The molecule has 1 fully saturated rings. The van der Waals surface area contributed by atoms with Crippen LogP contribution >= 0.6 is 23.2 Å². The van der Waals surface area contributed by atoms with Crippen molar-refractivity contribution in [1.29, 1.82) is 0 Å². The Kier molecular flexibility index (Phi) is 9.66. The highest BCUT2D eigenvalue weighted by molar-refractivity contribution is 6.35. The number of alkyl halides is 2. The van der Waals surface area contributed by atoms with Gasteiger partial charge in [-0.1, -0.05) is 41.4 Å². The van der Waals surface area contributed by atoms with Gasteiger partial charge in [0.25, 0.3) is 0 Å². The third kappa shape index (κ3) is 8.08. The van der Waals surface area contributed by atoms with Crippen LogP contribution in [0.1, 0.15) is 35.6 Å². The number of ether oxygens (including phenoxy) is 3. The number of carbonyl (C=O) groups excluding carboxylic acids is 1. The van der Waals surface area contributed by atoms with E-state index in [0.29, 0.717) is 29.3 Å². The van der Waals surface area contributed by atoms with Crippen LogP contribution in [0, 0.1) is 5.92 Å². The lowest BCUT2D eigenvalue weighted by Gasteiger charge is -2.24. The van der Waals surface area contributed by atoms with Gasteiger partial charge in [-0.2, -0.15) is 8.78 Å². The SMILES string of the molecule is CN(Cc1ccc(NO)cc1)C(=O)O[C@@H](Cc1c(Cl)cncc1Cl)c1ccc(OC(F)F)c(OCC2CC2)c1. The second-order valence-corrected chi connectivity index (χ2v) is 9.98. The molecule has 1 aliphatic carbocycles. The lowest BCUT2D eigenvalue weighted by atomic mass is 10.0. The van der Waals surface area contributed by atoms with Crippen LogP contribution in [-0.4, -0.2) is 41.5 Å². The Balaban J connectivity index is 1.59. The predicted octanol–water partition coefficient (Wildman–Crippen LogP) is 7.13. The minimum atomic E-state index is -3.03. The molecular formula is C27H27Cl2F2N3O5. The molecule has 1 atom stereocenters. The topological polar surface area (TPSA) is 93.2 Å². The van der Waals surface area contributed by atoms with Gasteiger partial charge in [-0.25, -0.2) is 4.79 Å². The summed E-state index contributed by atoms with van der Waals surface area (Å²) in [5.41, 5.74) is 4.35. The maximum absolute atomic E-state index is 13.2. The summed E-state index contributed by atoms with van der Waals surface area (Å²) in [6.45, 7) is -2.44. The van der Waals surface area contributed by atoms with E-state index >= 15 is 0 Å². The third-order valence-corrected chi connectivity index (χ3v) is 6.78. The molecule has 0 radical (unpaired) electrons. The van der Waals surface area contributed by atoms with E-state index in [4.69, 9.17) is 37.9 Å². The number of hydrogen-bond donors (Lipinski definition) is 2. The smallest absolute Gasteiger partial charge is 0.410 e. The van der Waals surface area contributed by atoms with Crippen molar-refractivity contribution < 1.29 is 33.0 Å². The molecule has 0 unspecified atom stereocenters. The van der Waals surface area contributed by atoms with Crippen molar-refractivity contribution in [3.05, 3.63) is 81.6 Å². The van der Waals surface area contributed by atoms with Crippen LogP contribution < -0.4 is 15.0 Å². The minimum Gasteiger partial charge on any atom is -0.489 e. The monoisotopic (exact) mass is 581 g/mol. The number of carbonyl (C=O) groups is 1. The molecule has 4 rings (SSSR count). The Morgan fingerprint density at radius 2 is 1.82 bits per heavy atom. The molecule has 39 heavy (non-hydrogen) atoms. The van der Waals surface area contributed by atoms with Crippen molar-refractivity contribution in [2.24, 2.45) is 5.92 Å². The highest BCUT2D eigenvalue weighted by atomic mass is 35.5. The van der Waals surface area contributed by atoms with Crippen molar-refractivity contribution in [3.8, 4) is 11.5 Å². The fourth-order valence-electron chi connectivity index (χ4n) is 3.80. The average molecular weight is 582 g/mol. The van der Waals surface area contributed by atoms with Crippen LogP contribution in [0.4, 0.5) is 19.3 Å². The molecule has 208 valence electrons. The summed E-state index contributed by atoms with van der Waals surface area (Å²) >= 11 is 12.7. The van der Waals surface area contributed by atoms with E-state index in [2.05, 4.69) is 15.2 Å². The molecule has 2 N–H and O–H groups in total. The molecule has 3 aromatic rings. The zero-order valence-electron chi connectivity index (χ0n) is 21.0. The zero-order valence-corrected chi connectivity index (χ0v) is 22.5. The Morgan fingerprint density at radius 3 is 2.44 bits per heavy atom. The number of halogens is 4. The number of nitrogens with zero attached hydrogens (tertiary/aromatic N) is 2. The molecule has 1 amide bonds. The Hall–Kier alpha value is -3.34. The number of pyridine rings is 1. The van der Waals surface area contributed by atoms with Gasteiger partial charge in [0, 0.05) is 32.4 Å². The number of aromatic nitrogens is 1. The first-order valence-corrected chi connectivity index (χ1v) is 12.9. The summed E-state index contributed by atoms with van der Waals surface area (Å²) in [6, 6.07) is 11.3. The number of anilines is 1. The first-order chi connectivity index (χ1) is 18.7. The third-order valence-electron chi connectivity index (χ3n) is 6.13. The van der Waals surface area contributed by atoms with Gasteiger partial charge in [0.05, 0.1) is 22.3 Å². The van der Waals surface area contributed by atoms with E-state index in [-0.39, 0.29) is 34.5 Å². The van der Waals surface area contributed by atoms with Gasteiger partial charge in [-0.05, 0) is 59.7 Å². The van der Waals surface area contributed by atoms with Gasteiger partial charge in [-0.15, -0.1) is 0 Å². The summed E-state index contributed by atoms with van der Waals surface area (Å²) < 4.78 is 42.4. The lowest BCUT2D eigenvalue weighted by molar-refractivity contribution is -0.0515. The molecule has 8 nitrogen and oxygen atoms in total. The molecule has 0 bridgehead atoms. The molecule has 1 saturated carbocycles. The van der Waals surface area contributed by atoms with Gasteiger partial charge in [0.15, 0.2) is 11.5 Å². The van der Waals surface area contributed by atoms with Crippen molar-refractivity contribution in [2.75, 3.05) is 19.1 Å². The largest absolute Gasteiger partial charge is 0.489 e. The van der Waals surface area contributed by atoms with Gasteiger partial charge in [0.2, 0.25) is 0 Å². The van der Waals surface area contributed by atoms with Crippen LogP contribution in [0.5, 0.6) is 11.5 Å². The number of amides is 1. The highest BCUT2D eigenvalue weighted by Gasteiger charge is 2.26. The number of nitrogens with one attached hydrogen (secondary N) is 1. The number of hydrogen-bond acceptors (Lipinski definition) is 7. The number of benzene rings is 2. The summed E-state index contributed by atoms with van der Waals surface area (Å²) in [4.78, 5) is 18.5. The predicted molar refractivity (Wildman–Crippen MR) is 142 cm³/mol. The van der Waals surface area contributed by atoms with Gasteiger partial charge in [0.1, 0.15) is 6.10 Å². The van der Waals surface area contributed by atoms with Crippen molar-refractivity contribution in [2.45, 2.75) is 38.5 Å². The fraction of sp³-hybridized carbons (Fsp3) is 0.333. The Bertz CT molecular complexity index is 1260. The molecule has 0 saturated heterocycles. The van der Waals surface area contributed by atoms with E-state index in [0.717, 1.165) is 18.4 Å². The lowest BCUT2D eigenvalue weighted by Crippen LogP contribution is -2.29. The molecular weight excluding hydrogens is 555 g/mol. The van der Waals surface area contributed by atoms with Crippen LogP contribution in [-0.2, 0) is 17.7 Å². The maximum atomic E-state index is 13.2.